The number of hydrogen-bond acceptors (Lipinski definition) is 2. The Bertz CT molecular complexity index is 518. The van der Waals surface area contributed by atoms with E-state index < -0.39 is 10.0 Å². The third kappa shape index (κ3) is 5.08. The Kier molecular flexibility index (Phi) is 6.05. The molecular formula is C15H24ClNO2S. The average molecular weight is 318 g/mol. The van der Waals surface area contributed by atoms with Gasteiger partial charge in [0.15, 0.2) is 0 Å². The summed E-state index contributed by atoms with van der Waals surface area (Å²) < 4.78 is 26.4. The lowest BCUT2D eigenvalue weighted by molar-refractivity contribution is 0.386. The summed E-state index contributed by atoms with van der Waals surface area (Å²) in [4.78, 5) is 0.302. The van der Waals surface area contributed by atoms with Crippen molar-refractivity contribution in [3.05, 3.63) is 29.8 Å². The molecule has 20 heavy (non-hydrogen) atoms. The second-order valence-electron chi connectivity index (χ2n) is 6.08. The monoisotopic (exact) mass is 317 g/mol. The number of alkyl halides is 1. The highest BCUT2D eigenvalue weighted by Crippen LogP contribution is 2.27. The summed E-state index contributed by atoms with van der Waals surface area (Å²) in [6.07, 6.45) is 1.50. The summed E-state index contributed by atoms with van der Waals surface area (Å²) in [6, 6.07) is 6.95. The first-order chi connectivity index (χ1) is 9.16. The zero-order chi connectivity index (χ0) is 15.4. The summed E-state index contributed by atoms with van der Waals surface area (Å²) >= 11 is 6.36. The number of rotatable bonds is 6. The van der Waals surface area contributed by atoms with Gasteiger partial charge in [-0.25, -0.2) is 13.1 Å². The van der Waals surface area contributed by atoms with Crippen LogP contribution < -0.4 is 4.72 Å². The molecule has 3 nitrogen and oxygen atoms in total. The van der Waals surface area contributed by atoms with Crippen molar-refractivity contribution in [3.63, 3.8) is 0 Å². The van der Waals surface area contributed by atoms with Gasteiger partial charge in [-0.05, 0) is 36.0 Å². The van der Waals surface area contributed by atoms with Crippen molar-refractivity contribution in [2.75, 3.05) is 6.54 Å². The van der Waals surface area contributed by atoms with E-state index in [1.54, 1.807) is 12.1 Å². The molecule has 1 aromatic rings. The summed E-state index contributed by atoms with van der Waals surface area (Å²) in [7, 11) is -3.38. The van der Waals surface area contributed by atoms with Crippen LogP contribution in [-0.2, 0) is 16.4 Å². The zero-order valence-electron chi connectivity index (χ0n) is 12.6. The second kappa shape index (κ2) is 6.92. The van der Waals surface area contributed by atoms with E-state index in [-0.39, 0.29) is 10.8 Å². The predicted molar refractivity (Wildman–Crippen MR) is 84.7 cm³/mol. The molecule has 0 saturated carbocycles. The fourth-order valence-corrected chi connectivity index (χ4v) is 2.95. The maximum Gasteiger partial charge on any atom is 0.240 e. The lowest BCUT2D eigenvalue weighted by atomic mass is 9.88. The minimum absolute atomic E-state index is 0.0168. The Morgan fingerprint density at radius 3 is 2.20 bits per heavy atom. The van der Waals surface area contributed by atoms with Crippen LogP contribution in [0.1, 0.15) is 39.7 Å². The molecule has 114 valence electrons. The van der Waals surface area contributed by atoms with Crippen molar-refractivity contribution >= 4 is 21.6 Å². The van der Waals surface area contributed by atoms with E-state index in [1.165, 1.54) is 0 Å². The van der Waals surface area contributed by atoms with Crippen LogP contribution in [0.25, 0.3) is 0 Å². The lowest BCUT2D eigenvalue weighted by Gasteiger charge is -2.25. The third-order valence-corrected chi connectivity index (χ3v) is 5.42. The lowest BCUT2D eigenvalue weighted by Crippen LogP contribution is -2.24. The molecule has 0 saturated heterocycles. The Labute approximate surface area is 127 Å². The number of hydrogen-bond donors (Lipinski definition) is 1. The van der Waals surface area contributed by atoms with Gasteiger partial charge >= 0.3 is 0 Å². The van der Waals surface area contributed by atoms with Crippen molar-refractivity contribution in [3.8, 4) is 0 Å². The van der Waals surface area contributed by atoms with Crippen LogP contribution in [0, 0.1) is 5.41 Å². The van der Waals surface area contributed by atoms with Crippen LogP contribution in [0.4, 0.5) is 0 Å². The highest BCUT2D eigenvalue weighted by molar-refractivity contribution is 7.89. The Balaban J connectivity index is 2.79. The van der Waals surface area contributed by atoms with Crippen LogP contribution in [0.3, 0.4) is 0 Å². The van der Waals surface area contributed by atoms with Crippen LogP contribution >= 0.6 is 11.6 Å². The third-order valence-electron chi connectivity index (χ3n) is 3.13. The van der Waals surface area contributed by atoms with Crippen LogP contribution in [0.2, 0.25) is 0 Å². The molecular weight excluding hydrogens is 294 g/mol. The van der Waals surface area contributed by atoms with Crippen LogP contribution in [0.15, 0.2) is 29.2 Å². The number of sulfonamides is 1. The Hall–Kier alpha value is -0.580. The van der Waals surface area contributed by atoms with Crippen LogP contribution in [-0.4, -0.2) is 20.3 Å². The molecule has 1 rings (SSSR count). The molecule has 1 atom stereocenters. The molecule has 1 unspecified atom stereocenters. The molecule has 0 radical (unpaired) electrons. The van der Waals surface area contributed by atoms with Gasteiger partial charge in [0.2, 0.25) is 10.0 Å². The van der Waals surface area contributed by atoms with E-state index in [9.17, 15) is 8.42 Å². The van der Waals surface area contributed by atoms with Gasteiger partial charge in [0, 0.05) is 11.9 Å². The quantitative estimate of drug-likeness (QED) is 0.815. The standard InChI is InChI=1S/C15H24ClNO2S/c1-5-10-17-20(18,19)13-8-6-12(7-9-13)11-14(16)15(2,3)4/h6-9,14,17H,5,10-11H2,1-4H3. The number of halogens is 1. The van der Waals surface area contributed by atoms with Gasteiger partial charge in [0.05, 0.1) is 4.90 Å². The second-order valence-corrected chi connectivity index (χ2v) is 8.37. The average Bonchev–Trinajstić information content (AvgIpc) is 2.36. The first-order valence-electron chi connectivity index (χ1n) is 6.89. The first-order valence-corrected chi connectivity index (χ1v) is 8.81. The molecule has 0 spiro atoms. The SMILES string of the molecule is CCCNS(=O)(=O)c1ccc(CC(Cl)C(C)(C)C)cc1. The molecule has 0 fully saturated rings. The van der Waals surface area contributed by atoms with Crippen molar-refractivity contribution in [1.82, 2.24) is 4.72 Å². The maximum atomic E-state index is 11.9. The largest absolute Gasteiger partial charge is 0.240 e. The molecule has 1 N–H and O–H groups in total. The smallest absolute Gasteiger partial charge is 0.211 e. The molecule has 0 aliphatic heterocycles. The van der Waals surface area contributed by atoms with Gasteiger partial charge < -0.3 is 0 Å². The van der Waals surface area contributed by atoms with Crippen molar-refractivity contribution in [1.29, 1.82) is 0 Å². The van der Waals surface area contributed by atoms with Gasteiger partial charge in [0.1, 0.15) is 0 Å². The summed E-state index contributed by atoms with van der Waals surface area (Å²) in [5.41, 5.74) is 1.07. The van der Waals surface area contributed by atoms with Gasteiger partial charge in [-0.15, -0.1) is 11.6 Å². The number of benzene rings is 1. The van der Waals surface area contributed by atoms with E-state index in [1.807, 2.05) is 19.1 Å². The minimum Gasteiger partial charge on any atom is -0.211 e. The highest BCUT2D eigenvalue weighted by atomic mass is 35.5. The summed E-state index contributed by atoms with van der Waals surface area (Å²) in [6.45, 7) is 8.67. The van der Waals surface area contributed by atoms with E-state index >= 15 is 0 Å². The molecule has 0 heterocycles. The normalized spacial score (nSPS) is 14.2. The Morgan fingerprint density at radius 1 is 1.20 bits per heavy atom. The molecule has 5 heteroatoms. The van der Waals surface area contributed by atoms with Crippen LogP contribution in [0.5, 0.6) is 0 Å². The summed E-state index contributed by atoms with van der Waals surface area (Å²) in [5, 5.41) is 0.0168. The Morgan fingerprint density at radius 2 is 1.75 bits per heavy atom. The van der Waals surface area contributed by atoms with E-state index in [2.05, 4.69) is 25.5 Å². The zero-order valence-corrected chi connectivity index (χ0v) is 14.2. The fraction of sp³-hybridized carbons (Fsp3) is 0.600. The van der Waals surface area contributed by atoms with Crippen molar-refractivity contribution in [2.45, 2.75) is 50.8 Å². The molecule has 0 aromatic heterocycles. The van der Waals surface area contributed by atoms with Gasteiger partial charge in [0.25, 0.3) is 0 Å². The highest BCUT2D eigenvalue weighted by Gasteiger charge is 2.22. The molecule has 0 amide bonds. The molecule has 0 aliphatic rings. The minimum atomic E-state index is -3.38. The van der Waals surface area contributed by atoms with Gasteiger partial charge in [-0.2, -0.15) is 0 Å². The topological polar surface area (TPSA) is 46.2 Å². The maximum absolute atomic E-state index is 11.9. The van der Waals surface area contributed by atoms with E-state index in [0.29, 0.717) is 11.4 Å². The van der Waals surface area contributed by atoms with E-state index in [0.717, 1.165) is 18.4 Å². The first kappa shape index (κ1) is 17.5. The molecule has 0 aliphatic carbocycles. The molecule has 1 aromatic carbocycles. The fourth-order valence-electron chi connectivity index (χ4n) is 1.64. The van der Waals surface area contributed by atoms with E-state index in [4.69, 9.17) is 11.6 Å². The van der Waals surface area contributed by atoms with Gasteiger partial charge in [-0.3, -0.25) is 0 Å². The molecule has 0 bridgehead atoms. The predicted octanol–water partition coefficient (Wildman–Crippen LogP) is 3.57. The summed E-state index contributed by atoms with van der Waals surface area (Å²) in [5.74, 6) is 0. The number of nitrogens with one attached hydrogen (secondary N) is 1. The van der Waals surface area contributed by atoms with Crippen molar-refractivity contribution in [2.24, 2.45) is 5.41 Å². The van der Waals surface area contributed by atoms with Gasteiger partial charge in [-0.1, -0.05) is 39.8 Å². The van der Waals surface area contributed by atoms with Crippen molar-refractivity contribution < 1.29 is 8.42 Å².